The van der Waals surface area contributed by atoms with Gasteiger partial charge in [0.05, 0.1) is 35.2 Å². The van der Waals surface area contributed by atoms with Gasteiger partial charge in [-0.3, -0.25) is 9.48 Å². The number of rotatable bonds is 7. The summed E-state index contributed by atoms with van der Waals surface area (Å²) in [6.45, 7) is 4.63. The number of carbonyl (C=O) groups is 1. The van der Waals surface area contributed by atoms with Crippen LogP contribution in [0, 0.1) is 0 Å². The van der Waals surface area contributed by atoms with Gasteiger partial charge in [-0.25, -0.2) is 12.8 Å². The molecule has 0 aliphatic carbocycles. The van der Waals surface area contributed by atoms with E-state index in [4.69, 9.17) is 4.74 Å². The maximum atomic E-state index is 15.8. The zero-order valence-corrected chi connectivity index (χ0v) is 19.4. The number of benzene rings is 2. The van der Waals surface area contributed by atoms with Crippen LogP contribution in [0.15, 0.2) is 53.4 Å². The van der Waals surface area contributed by atoms with E-state index in [1.165, 1.54) is 23.7 Å². The standard InChI is InChI=1S/C23H26FN3O5S/c1-15(2)32-16-8-10-17(11-9-16)33(30,31)26-13-21(23(3,24)14-26)27-20-7-5-4-6-18(20)19(25-27)12-22(28)29/h4-11,15,21H,12-14H2,1-3H3,(H,28,29)/t21-,23+/m0/s1. The molecule has 8 nitrogen and oxygen atoms in total. The molecule has 2 atom stereocenters. The third kappa shape index (κ3) is 4.45. The number of nitrogens with zero attached hydrogens (tertiary/aromatic N) is 3. The number of hydrogen-bond acceptors (Lipinski definition) is 5. The van der Waals surface area contributed by atoms with Crippen LogP contribution in [0.1, 0.15) is 32.5 Å². The second-order valence-corrected chi connectivity index (χ2v) is 10.6. The molecule has 0 amide bonds. The Morgan fingerprint density at radius 2 is 1.91 bits per heavy atom. The summed E-state index contributed by atoms with van der Waals surface area (Å²) in [5.74, 6) is -0.499. The highest BCUT2D eigenvalue weighted by atomic mass is 32.2. The van der Waals surface area contributed by atoms with Gasteiger partial charge >= 0.3 is 5.97 Å². The predicted octanol–water partition coefficient (Wildman–Crippen LogP) is 3.42. The van der Waals surface area contributed by atoms with Gasteiger partial charge in [0.1, 0.15) is 17.5 Å². The Morgan fingerprint density at radius 3 is 2.55 bits per heavy atom. The van der Waals surface area contributed by atoms with Gasteiger partial charge in [-0.15, -0.1) is 0 Å². The molecule has 0 saturated carbocycles. The molecule has 1 fully saturated rings. The van der Waals surface area contributed by atoms with Gasteiger partial charge in [0.25, 0.3) is 0 Å². The van der Waals surface area contributed by atoms with E-state index in [9.17, 15) is 18.3 Å². The first-order valence-corrected chi connectivity index (χ1v) is 12.1. The van der Waals surface area contributed by atoms with E-state index in [0.717, 1.165) is 4.31 Å². The number of para-hydroxylation sites is 1. The molecule has 2 heterocycles. The Kier molecular flexibility index (Phi) is 5.92. The summed E-state index contributed by atoms with van der Waals surface area (Å²) < 4.78 is 50.4. The fraction of sp³-hybridized carbons (Fsp3) is 0.391. The van der Waals surface area contributed by atoms with Crippen molar-refractivity contribution in [2.45, 2.75) is 49.9 Å². The number of ether oxygens (including phenoxy) is 1. The van der Waals surface area contributed by atoms with E-state index in [2.05, 4.69) is 5.10 Å². The molecule has 0 spiro atoms. The minimum absolute atomic E-state index is 0.0473. The van der Waals surface area contributed by atoms with Gasteiger partial charge in [-0.2, -0.15) is 9.40 Å². The molecule has 1 aliphatic heterocycles. The number of carboxylic acid groups (broad SMARTS) is 1. The zero-order chi connectivity index (χ0) is 24.0. The van der Waals surface area contributed by atoms with Crippen molar-refractivity contribution < 1.29 is 27.4 Å². The van der Waals surface area contributed by atoms with E-state index in [1.54, 1.807) is 36.4 Å². The lowest BCUT2D eigenvalue weighted by Crippen LogP contribution is -2.33. The lowest BCUT2D eigenvalue weighted by molar-refractivity contribution is -0.136. The Bertz CT molecular complexity index is 1290. The first kappa shape index (κ1) is 23.2. The second-order valence-electron chi connectivity index (χ2n) is 8.71. The van der Waals surface area contributed by atoms with Crippen molar-refractivity contribution in [3.05, 3.63) is 54.2 Å². The predicted molar refractivity (Wildman–Crippen MR) is 121 cm³/mol. The highest BCUT2D eigenvalue weighted by Gasteiger charge is 2.50. The van der Waals surface area contributed by atoms with Crippen LogP contribution in [0.3, 0.4) is 0 Å². The molecule has 2 aromatic carbocycles. The van der Waals surface area contributed by atoms with Crippen molar-refractivity contribution in [2.75, 3.05) is 13.1 Å². The molecule has 1 aromatic heterocycles. The number of fused-ring (bicyclic) bond motifs is 1. The molecule has 0 unspecified atom stereocenters. The number of halogens is 1. The van der Waals surface area contributed by atoms with Crippen LogP contribution < -0.4 is 4.74 Å². The van der Waals surface area contributed by atoms with Crippen LogP contribution in [-0.2, 0) is 21.2 Å². The van der Waals surface area contributed by atoms with Gasteiger partial charge in [0.2, 0.25) is 10.0 Å². The zero-order valence-electron chi connectivity index (χ0n) is 18.6. The maximum Gasteiger partial charge on any atom is 0.309 e. The van der Waals surface area contributed by atoms with Crippen LogP contribution in [0.25, 0.3) is 10.9 Å². The summed E-state index contributed by atoms with van der Waals surface area (Å²) in [4.78, 5) is 11.3. The van der Waals surface area contributed by atoms with E-state index in [-0.39, 0.29) is 30.5 Å². The van der Waals surface area contributed by atoms with E-state index in [0.29, 0.717) is 22.3 Å². The maximum absolute atomic E-state index is 15.8. The fourth-order valence-corrected chi connectivity index (χ4v) is 5.73. The number of aromatic nitrogens is 2. The normalized spacial score (nSPS) is 21.7. The van der Waals surface area contributed by atoms with Crippen molar-refractivity contribution >= 4 is 26.9 Å². The highest BCUT2D eigenvalue weighted by molar-refractivity contribution is 7.89. The Labute approximate surface area is 191 Å². The molecule has 3 aromatic rings. The molecule has 1 saturated heterocycles. The number of aliphatic carboxylic acids is 1. The lowest BCUT2D eigenvalue weighted by Gasteiger charge is -2.22. The van der Waals surface area contributed by atoms with Crippen molar-refractivity contribution in [1.82, 2.24) is 14.1 Å². The van der Waals surface area contributed by atoms with Crippen molar-refractivity contribution in [3.8, 4) is 5.75 Å². The van der Waals surface area contributed by atoms with E-state index in [1.807, 2.05) is 13.8 Å². The Morgan fingerprint density at radius 1 is 1.24 bits per heavy atom. The summed E-state index contributed by atoms with van der Waals surface area (Å²) in [6, 6.07) is 12.1. The molecule has 33 heavy (non-hydrogen) atoms. The molecule has 1 N–H and O–H groups in total. The van der Waals surface area contributed by atoms with Crippen molar-refractivity contribution in [1.29, 1.82) is 0 Å². The summed E-state index contributed by atoms with van der Waals surface area (Å²) in [6.07, 6.45) is -0.357. The van der Waals surface area contributed by atoms with Crippen molar-refractivity contribution in [2.24, 2.45) is 0 Å². The molecular weight excluding hydrogens is 449 g/mol. The Hall–Kier alpha value is -2.98. The largest absolute Gasteiger partial charge is 0.491 e. The third-order valence-electron chi connectivity index (χ3n) is 5.69. The van der Waals surface area contributed by atoms with E-state index < -0.39 is 27.7 Å². The number of sulfonamides is 1. The summed E-state index contributed by atoms with van der Waals surface area (Å²) in [7, 11) is -3.96. The van der Waals surface area contributed by atoms with Gasteiger partial charge < -0.3 is 9.84 Å². The first-order chi connectivity index (χ1) is 15.5. The molecule has 0 radical (unpaired) electrons. The summed E-state index contributed by atoms with van der Waals surface area (Å²) in [5, 5.41) is 14.2. The molecule has 10 heteroatoms. The number of alkyl halides is 1. The monoisotopic (exact) mass is 475 g/mol. The van der Waals surface area contributed by atoms with Crippen LogP contribution in [0.5, 0.6) is 5.75 Å². The number of carboxylic acids is 1. The quantitative estimate of drug-likeness (QED) is 0.562. The van der Waals surface area contributed by atoms with Crippen LogP contribution in [0.4, 0.5) is 4.39 Å². The average molecular weight is 476 g/mol. The van der Waals surface area contributed by atoms with E-state index >= 15 is 4.39 Å². The minimum atomic E-state index is -3.96. The van der Waals surface area contributed by atoms with Crippen LogP contribution >= 0.6 is 0 Å². The topological polar surface area (TPSA) is 102 Å². The molecule has 1 aliphatic rings. The fourth-order valence-electron chi connectivity index (χ4n) is 4.19. The van der Waals surface area contributed by atoms with Crippen LogP contribution in [-0.4, -0.2) is 58.4 Å². The van der Waals surface area contributed by atoms with Gasteiger partial charge in [0, 0.05) is 11.9 Å². The van der Waals surface area contributed by atoms with Gasteiger partial charge in [0.15, 0.2) is 0 Å². The summed E-state index contributed by atoms with van der Waals surface area (Å²) >= 11 is 0. The summed E-state index contributed by atoms with van der Waals surface area (Å²) in [5.41, 5.74) is -1.03. The molecule has 0 bridgehead atoms. The van der Waals surface area contributed by atoms with Gasteiger partial charge in [-0.05, 0) is 51.1 Å². The van der Waals surface area contributed by atoms with Gasteiger partial charge in [-0.1, -0.05) is 18.2 Å². The van der Waals surface area contributed by atoms with Crippen molar-refractivity contribution in [3.63, 3.8) is 0 Å². The third-order valence-corrected chi connectivity index (χ3v) is 7.52. The average Bonchev–Trinajstić information content (AvgIpc) is 3.25. The minimum Gasteiger partial charge on any atom is -0.491 e. The molecular formula is C23H26FN3O5S. The first-order valence-electron chi connectivity index (χ1n) is 10.6. The molecule has 176 valence electrons. The SMILES string of the molecule is CC(C)Oc1ccc(S(=O)(=O)N2C[C@H](n3nc(CC(=O)O)c4ccccc43)[C@](C)(F)C2)cc1. The number of hydrogen-bond donors (Lipinski definition) is 1. The Balaban J connectivity index is 1.67. The smallest absolute Gasteiger partial charge is 0.309 e. The lowest BCUT2D eigenvalue weighted by atomic mass is 10.0. The molecule has 4 rings (SSSR count). The van der Waals surface area contributed by atoms with Crippen LogP contribution in [0.2, 0.25) is 0 Å². The second kappa shape index (κ2) is 8.42. The highest BCUT2D eigenvalue weighted by Crippen LogP contribution is 2.39.